The first-order chi connectivity index (χ1) is 17.4. The highest BCUT2D eigenvalue weighted by molar-refractivity contribution is 6.09. The molecule has 0 amide bonds. The quantitative estimate of drug-likeness (QED) is 0.270. The zero-order chi connectivity index (χ0) is 25.2. The number of ketones is 1. The number of fused-ring (bicyclic) bond motifs is 2. The molecule has 0 N–H and O–H groups in total. The van der Waals surface area contributed by atoms with Crippen LogP contribution in [0.4, 0.5) is 5.69 Å². The average Bonchev–Trinajstić information content (AvgIpc) is 2.91. The smallest absolute Gasteiger partial charge is 0.230 e. The van der Waals surface area contributed by atoms with Crippen molar-refractivity contribution >= 4 is 22.4 Å². The van der Waals surface area contributed by atoms with Crippen LogP contribution in [-0.2, 0) is 0 Å². The number of likely N-dealkylation sites (N-methyl/N-ethyl adjacent to an activating group) is 1. The number of rotatable bonds is 6. The summed E-state index contributed by atoms with van der Waals surface area (Å²) in [4.78, 5) is 25.1. The third-order valence-corrected chi connectivity index (χ3v) is 6.36. The molecule has 2 heterocycles. The van der Waals surface area contributed by atoms with Gasteiger partial charge in [-0.15, -0.1) is 6.42 Å². The Morgan fingerprint density at radius 3 is 2.67 bits per heavy atom. The number of terminal acetylenes is 1. The van der Waals surface area contributed by atoms with Crippen LogP contribution in [0, 0.1) is 12.3 Å². The van der Waals surface area contributed by atoms with Crippen molar-refractivity contribution < 1.29 is 14.3 Å². The Labute approximate surface area is 210 Å². The van der Waals surface area contributed by atoms with Gasteiger partial charge in [0, 0.05) is 23.6 Å². The molecule has 1 aliphatic rings. The van der Waals surface area contributed by atoms with E-state index in [9.17, 15) is 4.79 Å². The molecule has 0 saturated carbocycles. The predicted molar refractivity (Wildman–Crippen MR) is 142 cm³/mol. The maximum Gasteiger partial charge on any atom is 0.230 e. The Morgan fingerprint density at radius 1 is 1.11 bits per heavy atom. The minimum Gasteiger partial charge on any atom is -0.490 e. The highest BCUT2D eigenvalue weighted by atomic mass is 16.5. The SMILES string of the molecule is C#CCOc1ccc2nc(C(=O)c3ccc4c(c3)N(C)CCO4)nc(-c3ccc(C(C)C)cc3)c2c1. The van der Waals surface area contributed by atoms with Crippen LogP contribution in [0.5, 0.6) is 11.5 Å². The van der Waals surface area contributed by atoms with E-state index in [2.05, 4.69) is 41.8 Å². The van der Waals surface area contributed by atoms with Gasteiger partial charge in [0.15, 0.2) is 0 Å². The van der Waals surface area contributed by atoms with E-state index in [4.69, 9.17) is 20.9 Å². The molecule has 0 bridgehead atoms. The number of ether oxygens (including phenoxy) is 2. The fourth-order valence-corrected chi connectivity index (χ4v) is 4.29. The van der Waals surface area contributed by atoms with E-state index in [-0.39, 0.29) is 18.2 Å². The molecular weight excluding hydrogens is 450 g/mol. The van der Waals surface area contributed by atoms with E-state index < -0.39 is 0 Å². The third kappa shape index (κ3) is 4.48. The summed E-state index contributed by atoms with van der Waals surface area (Å²) in [5, 5.41) is 0.789. The molecule has 6 nitrogen and oxygen atoms in total. The first kappa shape index (κ1) is 23.4. The van der Waals surface area contributed by atoms with E-state index in [1.54, 1.807) is 12.1 Å². The van der Waals surface area contributed by atoms with Gasteiger partial charge in [0.05, 0.1) is 23.4 Å². The van der Waals surface area contributed by atoms with E-state index in [1.165, 1.54) is 5.56 Å². The number of hydrogen-bond acceptors (Lipinski definition) is 6. The number of aromatic nitrogens is 2. The van der Waals surface area contributed by atoms with Crippen LogP contribution < -0.4 is 14.4 Å². The van der Waals surface area contributed by atoms with Crippen molar-refractivity contribution in [1.29, 1.82) is 0 Å². The van der Waals surface area contributed by atoms with Crippen LogP contribution in [0.3, 0.4) is 0 Å². The summed E-state index contributed by atoms with van der Waals surface area (Å²) in [7, 11) is 1.99. The summed E-state index contributed by atoms with van der Waals surface area (Å²) in [5.41, 5.74) is 4.85. The maximum atomic E-state index is 13.6. The molecule has 4 aromatic rings. The van der Waals surface area contributed by atoms with Gasteiger partial charge in [0.2, 0.25) is 11.6 Å². The largest absolute Gasteiger partial charge is 0.490 e. The average molecular weight is 478 g/mol. The van der Waals surface area contributed by atoms with Gasteiger partial charge >= 0.3 is 0 Å². The van der Waals surface area contributed by atoms with Crippen molar-refractivity contribution in [3.8, 4) is 35.1 Å². The molecule has 0 radical (unpaired) electrons. The fourth-order valence-electron chi connectivity index (χ4n) is 4.29. The Morgan fingerprint density at radius 2 is 1.92 bits per heavy atom. The second-order valence-corrected chi connectivity index (χ2v) is 9.13. The molecule has 0 spiro atoms. The standard InChI is InChI=1S/C30H27N3O3/c1-5-15-35-23-11-12-25-24(18-23)28(21-8-6-20(7-9-21)19(2)3)32-30(31-25)29(34)22-10-13-27-26(17-22)33(4)14-16-36-27/h1,6-13,17-19H,14-16H2,2-4H3. The maximum absolute atomic E-state index is 13.6. The first-order valence-corrected chi connectivity index (χ1v) is 12.0. The Balaban J connectivity index is 1.62. The second kappa shape index (κ2) is 9.71. The van der Waals surface area contributed by atoms with Crippen LogP contribution in [0.2, 0.25) is 0 Å². The highest BCUT2D eigenvalue weighted by Crippen LogP contribution is 2.33. The van der Waals surface area contributed by atoms with Crippen molar-refractivity contribution in [3.63, 3.8) is 0 Å². The lowest BCUT2D eigenvalue weighted by Crippen LogP contribution is -2.29. The van der Waals surface area contributed by atoms with Gasteiger partial charge in [-0.25, -0.2) is 9.97 Å². The van der Waals surface area contributed by atoms with Gasteiger partial charge in [-0.1, -0.05) is 44.0 Å². The zero-order valence-corrected chi connectivity index (χ0v) is 20.6. The number of hydrogen-bond donors (Lipinski definition) is 0. The fraction of sp³-hybridized carbons (Fsp3) is 0.233. The summed E-state index contributed by atoms with van der Waals surface area (Å²) in [6, 6.07) is 19.2. The molecule has 0 atom stereocenters. The van der Waals surface area contributed by atoms with E-state index in [0.717, 1.165) is 28.9 Å². The van der Waals surface area contributed by atoms with E-state index in [0.29, 0.717) is 35.0 Å². The summed E-state index contributed by atoms with van der Waals surface area (Å²) in [6.07, 6.45) is 5.36. The molecule has 6 heteroatoms. The summed E-state index contributed by atoms with van der Waals surface area (Å²) in [5.74, 6) is 4.19. The molecule has 0 aliphatic carbocycles. The van der Waals surface area contributed by atoms with E-state index >= 15 is 0 Å². The molecule has 36 heavy (non-hydrogen) atoms. The van der Waals surface area contributed by atoms with Crippen molar-refractivity contribution in [2.75, 3.05) is 31.7 Å². The van der Waals surface area contributed by atoms with Crippen molar-refractivity contribution in [2.24, 2.45) is 0 Å². The summed E-state index contributed by atoms with van der Waals surface area (Å²) in [6.45, 7) is 5.86. The Hall–Kier alpha value is -4.37. The molecule has 0 unspecified atom stereocenters. The number of benzene rings is 3. The lowest BCUT2D eigenvalue weighted by molar-refractivity contribution is 0.103. The minimum absolute atomic E-state index is 0.141. The van der Waals surface area contributed by atoms with Crippen LogP contribution >= 0.6 is 0 Å². The van der Waals surface area contributed by atoms with Gasteiger partial charge in [0.25, 0.3) is 0 Å². The molecule has 0 fully saturated rings. The molecule has 180 valence electrons. The lowest BCUT2D eigenvalue weighted by atomic mass is 9.99. The van der Waals surface area contributed by atoms with Crippen LogP contribution in [0.25, 0.3) is 22.2 Å². The Bertz CT molecular complexity index is 1490. The second-order valence-electron chi connectivity index (χ2n) is 9.13. The van der Waals surface area contributed by atoms with Gasteiger partial charge in [-0.3, -0.25) is 4.79 Å². The third-order valence-electron chi connectivity index (χ3n) is 6.36. The number of nitrogens with zero attached hydrogens (tertiary/aromatic N) is 3. The predicted octanol–water partition coefficient (Wildman–Crippen LogP) is 5.49. The van der Waals surface area contributed by atoms with Crippen molar-refractivity contribution in [2.45, 2.75) is 19.8 Å². The monoisotopic (exact) mass is 477 g/mol. The number of carbonyl (C=O) groups excluding carboxylic acids is 1. The van der Waals surface area contributed by atoms with Crippen molar-refractivity contribution in [3.05, 3.63) is 77.6 Å². The first-order valence-electron chi connectivity index (χ1n) is 12.0. The molecule has 1 aliphatic heterocycles. The molecule has 5 rings (SSSR count). The van der Waals surface area contributed by atoms with Gasteiger partial charge in [-0.2, -0.15) is 0 Å². The van der Waals surface area contributed by atoms with E-state index in [1.807, 2.05) is 43.4 Å². The van der Waals surface area contributed by atoms with Crippen molar-refractivity contribution in [1.82, 2.24) is 9.97 Å². The zero-order valence-electron chi connectivity index (χ0n) is 20.6. The lowest BCUT2D eigenvalue weighted by Gasteiger charge is -2.27. The molecular formula is C30H27N3O3. The highest BCUT2D eigenvalue weighted by Gasteiger charge is 2.21. The molecule has 0 saturated heterocycles. The van der Waals surface area contributed by atoms with Crippen LogP contribution in [0.15, 0.2) is 60.7 Å². The van der Waals surface area contributed by atoms with Gasteiger partial charge in [-0.05, 0) is 47.9 Å². The normalized spacial score (nSPS) is 12.7. The Kier molecular flexibility index (Phi) is 6.30. The summed E-state index contributed by atoms with van der Waals surface area (Å²) >= 11 is 0. The number of anilines is 1. The van der Waals surface area contributed by atoms with Crippen LogP contribution in [0.1, 0.15) is 41.5 Å². The van der Waals surface area contributed by atoms with Gasteiger partial charge in [0.1, 0.15) is 24.7 Å². The summed E-state index contributed by atoms with van der Waals surface area (Å²) < 4.78 is 11.4. The topological polar surface area (TPSA) is 64.5 Å². The molecule has 3 aromatic carbocycles. The molecule has 1 aromatic heterocycles. The van der Waals surface area contributed by atoms with Gasteiger partial charge < -0.3 is 14.4 Å². The minimum atomic E-state index is -0.244. The van der Waals surface area contributed by atoms with Crippen LogP contribution in [-0.4, -0.2) is 42.6 Å². The number of carbonyl (C=O) groups is 1.